The molecular weight excluding hydrogens is 420 g/mol. The van der Waals surface area contributed by atoms with Crippen molar-refractivity contribution >= 4 is 43.1 Å². The molecule has 0 saturated heterocycles. The van der Waals surface area contributed by atoms with Gasteiger partial charge in [0.2, 0.25) is 0 Å². The van der Waals surface area contributed by atoms with Crippen molar-refractivity contribution in [1.29, 1.82) is 0 Å². The van der Waals surface area contributed by atoms with Crippen LogP contribution >= 0.6 is 0 Å². The summed E-state index contributed by atoms with van der Waals surface area (Å²) >= 11 is 0. The van der Waals surface area contributed by atoms with E-state index in [0.717, 1.165) is 16.5 Å². The Labute approximate surface area is 198 Å². The molecule has 0 spiro atoms. The molecule has 0 aromatic heterocycles. The van der Waals surface area contributed by atoms with Crippen LogP contribution in [0.4, 0.5) is 0 Å². The Hall–Kier alpha value is -4.24. The van der Waals surface area contributed by atoms with Crippen LogP contribution in [0, 0.1) is 0 Å². The summed E-state index contributed by atoms with van der Waals surface area (Å²) in [5.41, 5.74) is 1.98. The Morgan fingerprint density at radius 3 is 1.50 bits per heavy atom. The van der Waals surface area contributed by atoms with Gasteiger partial charge in [-0.15, -0.1) is 0 Å². The van der Waals surface area contributed by atoms with Gasteiger partial charge in [-0.3, -0.25) is 0 Å². The molecule has 34 heavy (non-hydrogen) atoms. The van der Waals surface area contributed by atoms with E-state index in [-0.39, 0.29) is 0 Å². The van der Waals surface area contributed by atoms with Gasteiger partial charge in [0.1, 0.15) is 17.2 Å². The minimum absolute atomic E-state index is 0.696. The normalized spacial score (nSPS) is 11.4. The number of hydrogen-bond donors (Lipinski definition) is 0. The lowest BCUT2D eigenvalue weighted by molar-refractivity contribution is 0.377. The molecule has 0 aliphatic rings. The van der Waals surface area contributed by atoms with Gasteiger partial charge in [0, 0.05) is 12.1 Å². The van der Waals surface area contributed by atoms with Gasteiger partial charge in [-0.1, -0.05) is 42.5 Å². The first-order chi connectivity index (χ1) is 16.7. The lowest BCUT2D eigenvalue weighted by Gasteiger charge is -2.17. The van der Waals surface area contributed by atoms with Crippen LogP contribution in [0.15, 0.2) is 91.0 Å². The molecule has 3 heteroatoms. The summed E-state index contributed by atoms with van der Waals surface area (Å²) in [5.74, 6) is 2.13. The van der Waals surface area contributed by atoms with E-state index < -0.39 is 0 Å². The van der Waals surface area contributed by atoms with Gasteiger partial charge >= 0.3 is 0 Å². The Bertz CT molecular complexity index is 1690. The minimum atomic E-state index is 0.696. The highest BCUT2D eigenvalue weighted by Gasteiger charge is 2.18. The molecule has 0 aliphatic heterocycles. The maximum Gasteiger partial charge on any atom is 0.134 e. The molecule has 0 unspecified atom stereocenters. The highest BCUT2D eigenvalue weighted by molar-refractivity contribution is 6.11. The van der Waals surface area contributed by atoms with Crippen LogP contribution in [0.3, 0.4) is 0 Å². The number of methoxy groups -OCH3 is 3. The Morgan fingerprint density at radius 1 is 0.441 bits per heavy atom. The van der Waals surface area contributed by atoms with Crippen molar-refractivity contribution in [1.82, 2.24) is 0 Å². The SMILES string of the molecule is COc1cc(OC)c(-c2cccc3cc4cc5cc6ccccc6cc5cc4cc23)c(OC)c1. The number of rotatable bonds is 4. The lowest BCUT2D eigenvalue weighted by atomic mass is 9.93. The predicted molar refractivity (Wildman–Crippen MR) is 142 cm³/mol. The third-order valence-corrected chi connectivity index (χ3v) is 6.64. The number of benzene rings is 6. The molecule has 0 atom stereocenters. The number of hydrogen-bond acceptors (Lipinski definition) is 3. The molecular formula is C31H24O3. The monoisotopic (exact) mass is 444 g/mol. The molecule has 0 radical (unpaired) electrons. The summed E-state index contributed by atoms with van der Waals surface area (Å²) in [5, 5.41) is 9.75. The minimum Gasteiger partial charge on any atom is -0.496 e. The highest BCUT2D eigenvalue weighted by Crippen LogP contribution is 2.45. The van der Waals surface area contributed by atoms with Crippen LogP contribution in [0.2, 0.25) is 0 Å². The van der Waals surface area contributed by atoms with E-state index in [0.29, 0.717) is 17.2 Å². The van der Waals surface area contributed by atoms with Gasteiger partial charge in [-0.05, 0) is 85.1 Å². The first-order valence-electron chi connectivity index (χ1n) is 11.3. The molecule has 0 N–H and O–H groups in total. The lowest BCUT2D eigenvalue weighted by Crippen LogP contribution is -1.96. The van der Waals surface area contributed by atoms with Gasteiger partial charge in [0.15, 0.2) is 0 Å². The van der Waals surface area contributed by atoms with Crippen molar-refractivity contribution in [2.45, 2.75) is 0 Å². The van der Waals surface area contributed by atoms with Crippen molar-refractivity contribution in [3.8, 4) is 28.4 Å². The smallest absolute Gasteiger partial charge is 0.134 e. The molecule has 0 heterocycles. The maximum absolute atomic E-state index is 5.76. The molecule has 6 aromatic rings. The Morgan fingerprint density at radius 2 is 0.941 bits per heavy atom. The second kappa shape index (κ2) is 7.96. The summed E-state index contributed by atoms with van der Waals surface area (Å²) < 4.78 is 17.0. The zero-order chi connectivity index (χ0) is 23.2. The zero-order valence-corrected chi connectivity index (χ0v) is 19.4. The standard InChI is InChI=1S/C31H24O3/c1-32-26-17-29(33-2)31(30(18-26)34-3)27-10-6-9-21-13-24-14-22-11-19-7-4-5-8-20(19)12-23(22)15-25(24)16-28(21)27/h4-18H,1-3H3. The first kappa shape index (κ1) is 20.4. The molecule has 0 saturated carbocycles. The summed E-state index contributed by atoms with van der Waals surface area (Å²) in [6.07, 6.45) is 0. The van der Waals surface area contributed by atoms with E-state index in [9.17, 15) is 0 Å². The molecule has 6 rings (SSSR count). The Balaban J connectivity index is 1.64. The van der Waals surface area contributed by atoms with Gasteiger partial charge in [-0.2, -0.15) is 0 Å². The summed E-state index contributed by atoms with van der Waals surface area (Å²) in [4.78, 5) is 0. The van der Waals surface area contributed by atoms with E-state index in [4.69, 9.17) is 14.2 Å². The average molecular weight is 445 g/mol. The van der Waals surface area contributed by atoms with E-state index in [2.05, 4.69) is 78.9 Å². The van der Waals surface area contributed by atoms with Crippen LogP contribution < -0.4 is 14.2 Å². The fourth-order valence-corrected chi connectivity index (χ4v) is 4.96. The van der Waals surface area contributed by atoms with Gasteiger partial charge in [0.25, 0.3) is 0 Å². The summed E-state index contributed by atoms with van der Waals surface area (Å²) in [6, 6.07) is 32.3. The van der Waals surface area contributed by atoms with Crippen molar-refractivity contribution in [2.24, 2.45) is 0 Å². The molecule has 0 amide bonds. The second-order valence-electron chi connectivity index (χ2n) is 8.53. The van der Waals surface area contributed by atoms with Crippen LogP contribution in [0.5, 0.6) is 17.2 Å². The third kappa shape index (κ3) is 3.20. The van der Waals surface area contributed by atoms with Crippen LogP contribution in [-0.2, 0) is 0 Å². The molecule has 166 valence electrons. The number of fused-ring (bicyclic) bond motifs is 4. The van der Waals surface area contributed by atoms with E-state index in [1.807, 2.05) is 12.1 Å². The van der Waals surface area contributed by atoms with Crippen LogP contribution in [0.25, 0.3) is 54.2 Å². The second-order valence-corrected chi connectivity index (χ2v) is 8.53. The zero-order valence-electron chi connectivity index (χ0n) is 19.4. The average Bonchev–Trinajstić information content (AvgIpc) is 2.88. The van der Waals surface area contributed by atoms with Crippen LogP contribution in [0.1, 0.15) is 0 Å². The molecule has 3 nitrogen and oxygen atoms in total. The molecule has 0 aliphatic carbocycles. The molecule has 0 bridgehead atoms. The fraction of sp³-hybridized carbons (Fsp3) is 0.0968. The molecule has 6 aromatic carbocycles. The largest absolute Gasteiger partial charge is 0.496 e. The fourth-order valence-electron chi connectivity index (χ4n) is 4.96. The summed E-state index contributed by atoms with van der Waals surface area (Å²) in [6.45, 7) is 0. The topological polar surface area (TPSA) is 27.7 Å². The van der Waals surface area contributed by atoms with Crippen molar-refractivity contribution in [3.63, 3.8) is 0 Å². The first-order valence-corrected chi connectivity index (χ1v) is 11.3. The van der Waals surface area contributed by atoms with E-state index in [1.165, 1.54) is 37.7 Å². The van der Waals surface area contributed by atoms with Crippen LogP contribution in [-0.4, -0.2) is 21.3 Å². The number of ether oxygens (including phenoxy) is 3. The third-order valence-electron chi connectivity index (χ3n) is 6.64. The van der Waals surface area contributed by atoms with Gasteiger partial charge < -0.3 is 14.2 Å². The van der Waals surface area contributed by atoms with E-state index >= 15 is 0 Å². The van der Waals surface area contributed by atoms with Gasteiger partial charge in [0.05, 0.1) is 26.9 Å². The maximum atomic E-state index is 5.76. The molecule has 0 fully saturated rings. The predicted octanol–water partition coefficient (Wildman–Crippen LogP) is 7.99. The highest BCUT2D eigenvalue weighted by atomic mass is 16.5. The Kier molecular flexibility index (Phi) is 4.77. The summed E-state index contributed by atoms with van der Waals surface area (Å²) in [7, 11) is 4.99. The van der Waals surface area contributed by atoms with Crippen molar-refractivity contribution in [3.05, 3.63) is 91.0 Å². The quantitative estimate of drug-likeness (QED) is 0.258. The van der Waals surface area contributed by atoms with E-state index in [1.54, 1.807) is 21.3 Å². The van der Waals surface area contributed by atoms with Crippen molar-refractivity contribution in [2.75, 3.05) is 21.3 Å². The van der Waals surface area contributed by atoms with Crippen molar-refractivity contribution < 1.29 is 14.2 Å². The van der Waals surface area contributed by atoms with Gasteiger partial charge in [-0.25, -0.2) is 0 Å².